The minimum atomic E-state index is 0.0595. The van der Waals surface area contributed by atoms with Gasteiger partial charge in [0.05, 0.1) is 6.04 Å². The number of nitrogens with zero attached hydrogens (tertiary/aromatic N) is 1. The highest BCUT2D eigenvalue weighted by molar-refractivity contribution is 6.03. The Hall–Kier alpha value is -1.35. The zero-order valence-corrected chi connectivity index (χ0v) is 13.6. The molecule has 2 aliphatic carbocycles. The van der Waals surface area contributed by atoms with Gasteiger partial charge in [0.15, 0.2) is 5.78 Å². The van der Waals surface area contributed by atoms with Gasteiger partial charge in [-0.2, -0.15) is 0 Å². The minimum absolute atomic E-state index is 0.0595. The Balaban J connectivity index is 1.81. The van der Waals surface area contributed by atoms with E-state index in [0.717, 1.165) is 36.7 Å². The molecular weight excluding hydrogens is 272 g/mol. The smallest absolute Gasteiger partial charge is 0.180 e. The number of fused-ring (bicyclic) bond motifs is 4. The summed E-state index contributed by atoms with van der Waals surface area (Å²) in [7, 11) is 0. The Morgan fingerprint density at radius 1 is 1.36 bits per heavy atom. The standard InChI is InChI=1S/C19H26N2O/c1-12-17-18(22)15-7-6-14(20)10-16(15)19(12,2)8-3-9-21(17)11-13-4-5-13/h6-7,10,12-13,17H,3-5,8-9,11,20H2,1-2H3/t12-,17-,19?/m0/s1. The predicted molar refractivity (Wildman–Crippen MR) is 89.0 cm³/mol. The Labute approximate surface area is 132 Å². The molecule has 2 N–H and O–H groups in total. The van der Waals surface area contributed by atoms with E-state index < -0.39 is 0 Å². The van der Waals surface area contributed by atoms with Crippen LogP contribution in [0.3, 0.4) is 0 Å². The molecule has 1 saturated carbocycles. The van der Waals surface area contributed by atoms with Gasteiger partial charge in [0.25, 0.3) is 0 Å². The lowest BCUT2D eigenvalue weighted by Gasteiger charge is -2.46. The van der Waals surface area contributed by atoms with E-state index in [1.165, 1.54) is 24.8 Å². The monoisotopic (exact) mass is 298 g/mol. The van der Waals surface area contributed by atoms with Gasteiger partial charge in [-0.15, -0.1) is 0 Å². The van der Waals surface area contributed by atoms with E-state index in [4.69, 9.17) is 5.73 Å². The van der Waals surface area contributed by atoms with Crippen LogP contribution >= 0.6 is 0 Å². The summed E-state index contributed by atoms with van der Waals surface area (Å²) in [5.74, 6) is 1.51. The number of hydrogen-bond acceptors (Lipinski definition) is 3. The third kappa shape index (κ3) is 2.02. The van der Waals surface area contributed by atoms with Crippen LogP contribution in [-0.2, 0) is 5.41 Å². The molecule has 3 atom stereocenters. The molecule has 0 radical (unpaired) electrons. The number of hydrogen-bond donors (Lipinski definition) is 1. The molecule has 1 saturated heterocycles. The Bertz CT molecular complexity index is 622. The molecule has 2 bridgehead atoms. The number of nitrogen functional groups attached to an aromatic ring is 1. The van der Waals surface area contributed by atoms with E-state index in [0.29, 0.717) is 11.7 Å². The summed E-state index contributed by atoms with van der Waals surface area (Å²) in [6, 6.07) is 5.96. The molecule has 3 aliphatic rings. The maximum Gasteiger partial charge on any atom is 0.180 e. The number of rotatable bonds is 2. The maximum atomic E-state index is 13.2. The number of benzene rings is 1. The molecule has 1 heterocycles. The average molecular weight is 298 g/mol. The van der Waals surface area contributed by atoms with Crippen LogP contribution in [0.15, 0.2) is 18.2 Å². The van der Waals surface area contributed by atoms with Crippen LogP contribution in [0.1, 0.15) is 55.5 Å². The molecule has 1 unspecified atom stereocenters. The molecule has 118 valence electrons. The molecule has 1 aliphatic heterocycles. The van der Waals surface area contributed by atoms with Gasteiger partial charge in [-0.3, -0.25) is 9.69 Å². The zero-order chi connectivity index (χ0) is 15.5. The molecule has 22 heavy (non-hydrogen) atoms. The van der Waals surface area contributed by atoms with Crippen LogP contribution in [-0.4, -0.2) is 29.8 Å². The van der Waals surface area contributed by atoms with Crippen molar-refractivity contribution in [1.82, 2.24) is 4.90 Å². The lowest BCUT2D eigenvalue weighted by Crippen LogP contribution is -2.53. The fourth-order valence-corrected chi connectivity index (χ4v) is 4.70. The highest BCUT2D eigenvalue weighted by Crippen LogP contribution is 2.49. The lowest BCUT2D eigenvalue weighted by atomic mass is 9.61. The summed E-state index contributed by atoms with van der Waals surface area (Å²) < 4.78 is 0. The number of anilines is 1. The molecule has 4 rings (SSSR count). The molecule has 2 fully saturated rings. The highest BCUT2D eigenvalue weighted by Gasteiger charge is 2.51. The first-order valence-corrected chi connectivity index (χ1v) is 8.69. The third-order valence-electron chi connectivity index (χ3n) is 6.40. The van der Waals surface area contributed by atoms with E-state index >= 15 is 0 Å². The van der Waals surface area contributed by atoms with Gasteiger partial charge < -0.3 is 5.73 Å². The van der Waals surface area contributed by atoms with Crippen LogP contribution in [0.4, 0.5) is 5.69 Å². The summed E-state index contributed by atoms with van der Waals surface area (Å²) in [4.78, 5) is 15.7. The first-order valence-electron chi connectivity index (χ1n) is 8.69. The van der Waals surface area contributed by atoms with E-state index in [2.05, 4.69) is 24.8 Å². The normalized spacial score (nSPS) is 35.1. The zero-order valence-electron chi connectivity index (χ0n) is 13.6. The second-order valence-electron chi connectivity index (χ2n) is 7.86. The summed E-state index contributed by atoms with van der Waals surface area (Å²) in [5, 5.41) is 0. The molecule has 0 amide bonds. The van der Waals surface area contributed by atoms with E-state index in [-0.39, 0.29) is 11.5 Å². The molecule has 3 heteroatoms. The molecule has 3 nitrogen and oxygen atoms in total. The quantitative estimate of drug-likeness (QED) is 0.853. The van der Waals surface area contributed by atoms with Gasteiger partial charge >= 0.3 is 0 Å². The summed E-state index contributed by atoms with van der Waals surface area (Å²) in [6.07, 6.45) is 5.01. The van der Waals surface area contributed by atoms with Crippen molar-refractivity contribution in [2.45, 2.75) is 51.0 Å². The van der Waals surface area contributed by atoms with Crippen molar-refractivity contribution in [2.75, 3.05) is 18.8 Å². The number of carbonyl (C=O) groups excluding carboxylic acids is 1. The topological polar surface area (TPSA) is 46.3 Å². The van der Waals surface area contributed by atoms with Gasteiger partial charge in [0, 0.05) is 17.8 Å². The SMILES string of the molecule is C[C@H]1[C@H]2C(=O)c3ccc(N)cc3C1(C)CCCN2CC1CC1. The Morgan fingerprint density at radius 3 is 2.86 bits per heavy atom. The predicted octanol–water partition coefficient (Wildman–Crippen LogP) is 3.23. The number of Topliss-reactive ketones (excluding diaryl/α,β-unsaturated/α-hetero) is 1. The number of carbonyl (C=O) groups is 1. The van der Waals surface area contributed by atoms with Crippen molar-refractivity contribution in [3.05, 3.63) is 29.3 Å². The van der Waals surface area contributed by atoms with Crippen molar-refractivity contribution < 1.29 is 4.79 Å². The minimum Gasteiger partial charge on any atom is -0.399 e. The van der Waals surface area contributed by atoms with Crippen LogP contribution in [0.2, 0.25) is 0 Å². The van der Waals surface area contributed by atoms with Gasteiger partial charge in [-0.1, -0.05) is 13.8 Å². The van der Waals surface area contributed by atoms with Crippen molar-refractivity contribution in [3.8, 4) is 0 Å². The first kappa shape index (κ1) is 14.3. The van der Waals surface area contributed by atoms with Crippen LogP contribution < -0.4 is 5.73 Å². The van der Waals surface area contributed by atoms with Gasteiger partial charge in [0.2, 0.25) is 0 Å². The van der Waals surface area contributed by atoms with Gasteiger partial charge in [-0.05, 0) is 73.2 Å². The van der Waals surface area contributed by atoms with Crippen molar-refractivity contribution in [1.29, 1.82) is 0 Å². The second kappa shape index (κ2) is 4.82. The third-order valence-corrected chi connectivity index (χ3v) is 6.40. The van der Waals surface area contributed by atoms with Gasteiger partial charge in [-0.25, -0.2) is 0 Å². The molecule has 1 aromatic carbocycles. The molecule has 1 aromatic rings. The fourth-order valence-electron chi connectivity index (χ4n) is 4.70. The largest absolute Gasteiger partial charge is 0.399 e. The van der Waals surface area contributed by atoms with E-state index in [9.17, 15) is 4.79 Å². The molecule has 0 spiro atoms. The second-order valence-corrected chi connectivity index (χ2v) is 7.86. The fraction of sp³-hybridized carbons (Fsp3) is 0.632. The molecular formula is C19H26N2O. The van der Waals surface area contributed by atoms with Crippen molar-refractivity contribution >= 4 is 11.5 Å². The van der Waals surface area contributed by atoms with E-state index in [1.54, 1.807) is 0 Å². The number of likely N-dealkylation sites (tertiary alicyclic amines) is 1. The van der Waals surface area contributed by atoms with Crippen LogP contribution in [0.5, 0.6) is 0 Å². The highest BCUT2D eigenvalue weighted by atomic mass is 16.1. The Kier molecular flexibility index (Phi) is 3.12. The first-order chi connectivity index (χ1) is 10.5. The van der Waals surface area contributed by atoms with Crippen LogP contribution in [0.25, 0.3) is 0 Å². The van der Waals surface area contributed by atoms with Gasteiger partial charge in [0.1, 0.15) is 0 Å². The van der Waals surface area contributed by atoms with E-state index in [1.807, 2.05) is 12.1 Å². The number of nitrogens with two attached hydrogens (primary N) is 1. The summed E-state index contributed by atoms with van der Waals surface area (Å²) >= 11 is 0. The van der Waals surface area contributed by atoms with Crippen molar-refractivity contribution in [2.24, 2.45) is 11.8 Å². The van der Waals surface area contributed by atoms with Crippen LogP contribution in [0, 0.1) is 11.8 Å². The molecule has 0 aromatic heterocycles. The van der Waals surface area contributed by atoms with Crippen molar-refractivity contribution in [3.63, 3.8) is 0 Å². The average Bonchev–Trinajstić information content (AvgIpc) is 3.29. The maximum absolute atomic E-state index is 13.2. The number of ketones is 1. The summed E-state index contributed by atoms with van der Waals surface area (Å²) in [6.45, 7) is 6.80. The Morgan fingerprint density at radius 2 is 2.14 bits per heavy atom. The summed E-state index contributed by atoms with van der Waals surface area (Å²) in [5.41, 5.74) is 8.97. The lowest BCUT2D eigenvalue weighted by molar-refractivity contribution is 0.0642.